The van der Waals surface area contributed by atoms with Crippen LogP contribution in [0.2, 0.25) is 5.02 Å². The Balaban J connectivity index is 2.18. The van der Waals surface area contributed by atoms with Gasteiger partial charge in [-0.1, -0.05) is 11.6 Å². The number of hydrogen-bond donors (Lipinski definition) is 1. The van der Waals surface area contributed by atoms with Crippen molar-refractivity contribution >= 4 is 23.2 Å². The standard InChI is InChI=1S/C15H21ClN4O/c1-10-6-13(14(21-5)7-12(10)16)17-8-11-9-18-15(19(2)3)20(11)4/h6-7,9,17H,8H2,1-5H3. The van der Waals surface area contributed by atoms with Crippen molar-refractivity contribution in [3.05, 3.63) is 34.6 Å². The fourth-order valence-electron chi connectivity index (χ4n) is 2.17. The largest absolute Gasteiger partial charge is 0.495 e. The minimum absolute atomic E-state index is 0.661. The highest BCUT2D eigenvalue weighted by Crippen LogP contribution is 2.31. The number of benzene rings is 1. The lowest BCUT2D eigenvalue weighted by molar-refractivity contribution is 0.416. The molecular formula is C15H21ClN4O. The molecule has 0 bridgehead atoms. The highest BCUT2D eigenvalue weighted by atomic mass is 35.5. The number of hydrogen-bond acceptors (Lipinski definition) is 4. The number of halogens is 1. The Morgan fingerprint density at radius 3 is 2.67 bits per heavy atom. The van der Waals surface area contributed by atoms with Gasteiger partial charge in [-0.3, -0.25) is 0 Å². The molecule has 1 heterocycles. The molecule has 0 saturated carbocycles. The number of nitrogens with zero attached hydrogens (tertiary/aromatic N) is 3. The van der Waals surface area contributed by atoms with Gasteiger partial charge in [0, 0.05) is 32.2 Å². The highest BCUT2D eigenvalue weighted by molar-refractivity contribution is 6.31. The Morgan fingerprint density at radius 1 is 1.38 bits per heavy atom. The van der Waals surface area contributed by atoms with Crippen molar-refractivity contribution in [3.8, 4) is 5.75 Å². The predicted molar refractivity (Wildman–Crippen MR) is 87.6 cm³/mol. The molecule has 21 heavy (non-hydrogen) atoms. The summed E-state index contributed by atoms with van der Waals surface area (Å²) in [7, 11) is 7.60. The molecule has 1 aromatic carbocycles. The molecule has 0 radical (unpaired) electrons. The Morgan fingerprint density at radius 2 is 2.10 bits per heavy atom. The zero-order valence-electron chi connectivity index (χ0n) is 13.1. The first kappa shape index (κ1) is 15.5. The fourth-order valence-corrected chi connectivity index (χ4v) is 2.32. The minimum Gasteiger partial charge on any atom is -0.495 e. The van der Waals surface area contributed by atoms with Gasteiger partial charge in [-0.15, -0.1) is 0 Å². The Labute approximate surface area is 130 Å². The van der Waals surface area contributed by atoms with E-state index in [0.29, 0.717) is 11.6 Å². The van der Waals surface area contributed by atoms with Crippen LogP contribution in [-0.2, 0) is 13.6 Å². The molecule has 2 aromatic rings. The van der Waals surface area contributed by atoms with Crippen molar-refractivity contribution in [2.45, 2.75) is 13.5 Å². The van der Waals surface area contributed by atoms with Gasteiger partial charge in [0.2, 0.25) is 5.95 Å². The van der Waals surface area contributed by atoms with Crippen molar-refractivity contribution < 1.29 is 4.74 Å². The summed E-state index contributed by atoms with van der Waals surface area (Å²) < 4.78 is 7.42. The van der Waals surface area contributed by atoms with Crippen LogP contribution in [-0.4, -0.2) is 30.8 Å². The molecule has 0 unspecified atom stereocenters. The number of imidazole rings is 1. The third-order valence-electron chi connectivity index (χ3n) is 3.40. The number of nitrogens with one attached hydrogen (secondary N) is 1. The quantitative estimate of drug-likeness (QED) is 0.922. The van der Waals surface area contributed by atoms with Crippen molar-refractivity contribution in [2.24, 2.45) is 7.05 Å². The number of ether oxygens (including phenoxy) is 1. The van der Waals surface area contributed by atoms with Crippen molar-refractivity contribution in [1.82, 2.24) is 9.55 Å². The van der Waals surface area contributed by atoms with Gasteiger partial charge in [-0.2, -0.15) is 0 Å². The topological polar surface area (TPSA) is 42.3 Å². The molecule has 0 amide bonds. The third kappa shape index (κ3) is 3.24. The second kappa shape index (κ2) is 6.26. The summed E-state index contributed by atoms with van der Waals surface area (Å²) in [4.78, 5) is 6.38. The molecule has 114 valence electrons. The summed E-state index contributed by atoms with van der Waals surface area (Å²) in [5.74, 6) is 1.66. The molecule has 0 spiro atoms. The predicted octanol–water partition coefficient (Wildman–Crippen LogP) is 3.07. The SMILES string of the molecule is COc1cc(Cl)c(C)cc1NCc1cnc(N(C)C)n1C. The van der Waals surface area contributed by atoms with Crippen LogP contribution in [0.3, 0.4) is 0 Å². The lowest BCUT2D eigenvalue weighted by atomic mass is 10.2. The molecule has 2 rings (SSSR count). The summed E-state index contributed by atoms with van der Waals surface area (Å²) in [5.41, 5.74) is 3.03. The van der Waals surface area contributed by atoms with E-state index in [1.165, 1.54) is 0 Å². The molecular weight excluding hydrogens is 288 g/mol. The van der Waals surface area contributed by atoms with E-state index < -0.39 is 0 Å². The molecule has 0 aliphatic rings. The average Bonchev–Trinajstić information content (AvgIpc) is 2.81. The maximum absolute atomic E-state index is 6.12. The minimum atomic E-state index is 0.661. The van der Waals surface area contributed by atoms with Crippen LogP contribution in [0, 0.1) is 6.92 Å². The molecule has 1 N–H and O–H groups in total. The molecule has 0 fully saturated rings. The summed E-state index contributed by atoms with van der Waals surface area (Å²) in [6.45, 7) is 2.63. The van der Waals surface area contributed by atoms with Crippen LogP contribution >= 0.6 is 11.6 Å². The van der Waals surface area contributed by atoms with E-state index in [0.717, 1.165) is 28.6 Å². The lowest BCUT2D eigenvalue weighted by Gasteiger charge is -2.15. The summed E-state index contributed by atoms with van der Waals surface area (Å²) in [5, 5.41) is 4.08. The van der Waals surface area contributed by atoms with Crippen molar-refractivity contribution in [3.63, 3.8) is 0 Å². The van der Waals surface area contributed by atoms with E-state index in [4.69, 9.17) is 16.3 Å². The number of aromatic nitrogens is 2. The molecule has 0 saturated heterocycles. The zero-order chi connectivity index (χ0) is 15.6. The molecule has 1 aromatic heterocycles. The Hall–Kier alpha value is -1.88. The summed E-state index contributed by atoms with van der Waals surface area (Å²) >= 11 is 6.12. The monoisotopic (exact) mass is 308 g/mol. The second-order valence-electron chi connectivity index (χ2n) is 5.16. The number of methoxy groups -OCH3 is 1. The summed E-state index contributed by atoms with van der Waals surface area (Å²) in [6, 6.07) is 3.82. The third-order valence-corrected chi connectivity index (χ3v) is 3.81. The van der Waals surface area contributed by atoms with Gasteiger partial charge in [-0.05, 0) is 18.6 Å². The van der Waals surface area contributed by atoms with Gasteiger partial charge in [-0.25, -0.2) is 4.98 Å². The van der Waals surface area contributed by atoms with Crippen molar-refractivity contribution in [2.75, 3.05) is 31.4 Å². The molecule has 0 aliphatic carbocycles. The van der Waals surface area contributed by atoms with Crippen LogP contribution in [0.25, 0.3) is 0 Å². The molecule has 5 nitrogen and oxygen atoms in total. The fraction of sp³-hybridized carbons (Fsp3) is 0.400. The average molecular weight is 309 g/mol. The van der Waals surface area contributed by atoms with Gasteiger partial charge in [0.05, 0.1) is 31.2 Å². The first-order valence-corrected chi connectivity index (χ1v) is 7.07. The molecule has 0 atom stereocenters. The van der Waals surface area contributed by atoms with Gasteiger partial charge in [0.1, 0.15) is 5.75 Å². The van der Waals surface area contributed by atoms with Crippen LogP contribution in [0.1, 0.15) is 11.3 Å². The van der Waals surface area contributed by atoms with Gasteiger partial charge < -0.3 is 19.5 Å². The van der Waals surface area contributed by atoms with E-state index in [9.17, 15) is 0 Å². The number of aryl methyl sites for hydroxylation is 1. The van der Waals surface area contributed by atoms with Crippen molar-refractivity contribution in [1.29, 1.82) is 0 Å². The van der Waals surface area contributed by atoms with Gasteiger partial charge in [0.25, 0.3) is 0 Å². The van der Waals surface area contributed by atoms with E-state index in [-0.39, 0.29) is 0 Å². The van der Waals surface area contributed by atoms with Crippen LogP contribution in [0.4, 0.5) is 11.6 Å². The van der Waals surface area contributed by atoms with E-state index in [1.54, 1.807) is 7.11 Å². The normalized spacial score (nSPS) is 10.6. The smallest absolute Gasteiger partial charge is 0.204 e. The first-order valence-electron chi connectivity index (χ1n) is 6.70. The van der Waals surface area contributed by atoms with E-state index >= 15 is 0 Å². The van der Waals surface area contributed by atoms with Gasteiger partial charge >= 0.3 is 0 Å². The zero-order valence-corrected chi connectivity index (χ0v) is 13.8. The number of anilines is 2. The summed E-state index contributed by atoms with van der Waals surface area (Å²) in [6.07, 6.45) is 1.87. The molecule has 0 aliphatic heterocycles. The van der Waals surface area contributed by atoms with Gasteiger partial charge in [0.15, 0.2) is 0 Å². The van der Waals surface area contributed by atoms with E-state index in [1.807, 2.05) is 51.3 Å². The maximum atomic E-state index is 6.12. The Kier molecular flexibility index (Phi) is 4.63. The van der Waals surface area contributed by atoms with Crippen LogP contribution < -0.4 is 15.0 Å². The lowest BCUT2D eigenvalue weighted by Crippen LogP contribution is -2.15. The Bertz CT molecular complexity index is 637. The maximum Gasteiger partial charge on any atom is 0.204 e. The second-order valence-corrected chi connectivity index (χ2v) is 5.57. The molecule has 6 heteroatoms. The number of rotatable bonds is 5. The van der Waals surface area contributed by atoms with E-state index in [2.05, 4.69) is 14.9 Å². The van der Waals surface area contributed by atoms with Crippen LogP contribution in [0.15, 0.2) is 18.3 Å². The highest BCUT2D eigenvalue weighted by Gasteiger charge is 2.10. The van der Waals surface area contributed by atoms with Crippen LogP contribution in [0.5, 0.6) is 5.75 Å². The first-order chi connectivity index (χ1) is 9.93.